The number of nitrogens with one attached hydrogen (secondary N) is 2. The van der Waals surface area contributed by atoms with Crippen LogP contribution in [0.4, 0.5) is 0 Å². The summed E-state index contributed by atoms with van der Waals surface area (Å²) in [7, 11) is 0. The highest BCUT2D eigenvalue weighted by atomic mass is 127. The van der Waals surface area contributed by atoms with Gasteiger partial charge in [-0.2, -0.15) is 0 Å². The highest BCUT2D eigenvalue weighted by Crippen LogP contribution is 2.09. The van der Waals surface area contributed by atoms with Gasteiger partial charge in [-0.1, -0.05) is 25.5 Å². The molecule has 1 heterocycles. The lowest BCUT2D eigenvalue weighted by Crippen LogP contribution is -2.49. The number of carbonyl (C=O) groups is 2. The first-order valence-electron chi connectivity index (χ1n) is 8.29. The number of nitrogens with two attached hydrogens (primary N) is 1. The van der Waals surface area contributed by atoms with Crippen LogP contribution in [0.1, 0.15) is 35.7 Å². The quantitative estimate of drug-likeness (QED) is 0.257. The molecular formula is C17H26IN5O2. The van der Waals surface area contributed by atoms with Crippen molar-refractivity contribution < 1.29 is 9.59 Å². The normalized spacial score (nSPS) is 14.5. The van der Waals surface area contributed by atoms with Gasteiger partial charge in [0, 0.05) is 25.2 Å². The lowest BCUT2D eigenvalue weighted by molar-refractivity contribution is -0.123. The van der Waals surface area contributed by atoms with Crippen molar-refractivity contribution in [2.24, 2.45) is 10.7 Å². The van der Waals surface area contributed by atoms with E-state index in [1.807, 2.05) is 12.1 Å². The Balaban J connectivity index is 0.00000312. The Morgan fingerprint density at radius 2 is 2.08 bits per heavy atom. The molecule has 4 N–H and O–H groups in total. The Bertz CT molecular complexity index is 604. The third-order valence-electron chi connectivity index (χ3n) is 3.79. The van der Waals surface area contributed by atoms with E-state index in [1.54, 1.807) is 17.0 Å². The van der Waals surface area contributed by atoms with Gasteiger partial charge in [-0.05, 0) is 24.1 Å². The molecule has 1 fully saturated rings. The standard InChI is InChI=1S/C17H25N5O2.HI/c1-2-3-8-20-17(18)21-11-13-4-6-14(7-5-13)16(24)22-10-9-19-15(23)12-22;/h4-7H,2-3,8-12H2,1H3,(H,19,23)(H3,18,20,21);1H. The van der Waals surface area contributed by atoms with Crippen molar-refractivity contribution in [3.05, 3.63) is 35.4 Å². The van der Waals surface area contributed by atoms with Crippen LogP contribution in [0.5, 0.6) is 0 Å². The largest absolute Gasteiger partial charge is 0.370 e. The Hall–Kier alpha value is -1.84. The second-order valence-corrected chi connectivity index (χ2v) is 5.76. The van der Waals surface area contributed by atoms with Crippen molar-refractivity contribution in [1.29, 1.82) is 0 Å². The number of halogens is 1. The third kappa shape index (κ3) is 6.89. The molecule has 0 aromatic heterocycles. The van der Waals surface area contributed by atoms with Crippen molar-refractivity contribution >= 4 is 41.8 Å². The second-order valence-electron chi connectivity index (χ2n) is 5.76. The lowest BCUT2D eigenvalue weighted by Gasteiger charge is -2.26. The molecule has 1 saturated heterocycles. The molecule has 1 aromatic carbocycles. The average Bonchev–Trinajstić information content (AvgIpc) is 2.60. The van der Waals surface area contributed by atoms with Gasteiger partial charge in [-0.3, -0.25) is 9.59 Å². The van der Waals surface area contributed by atoms with Gasteiger partial charge in [-0.25, -0.2) is 4.99 Å². The molecule has 1 aliphatic rings. The van der Waals surface area contributed by atoms with Crippen LogP contribution in [0.15, 0.2) is 29.3 Å². The summed E-state index contributed by atoms with van der Waals surface area (Å²) < 4.78 is 0. The molecule has 0 unspecified atom stereocenters. The number of carbonyl (C=O) groups excluding carboxylic acids is 2. The maximum Gasteiger partial charge on any atom is 0.254 e. The van der Waals surface area contributed by atoms with E-state index in [0.29, 0.717) is 31.2 Å². The van der Waals surface area contributed by atoms with Gasteiger partial charge in [0.2, 0.25) is 5.91 Å². The fourth-order valence-electron chi connectivity index (χ4n) is 2.37. The second kappa shape index (κ2) is 10.9. The van der Waals surface area contributed by atoms with Crippen LogP contribution in [0, 0.1) is 0 Å². The zero-order valence-electron chi connectivity index (χ0n) is 14.5. The number of amides is 2. The van der Waals surface area contributed by atoms with Crippen molar-refractivity contribution in [2.75, 3.05) is 26.2 Å². The predicted molar refractivity (Wildman–Crippen MR) is 109 cm³/mol. The minimum absolute atomic E-state index is 0. The molecule has 0 saturated carbocycles. The number of guanidine groups is 1. The first-order valence-corrected chi connectivity index (χ1v) is 8.29. The van der Waals surface area contributed by atoms with Crippen LogP contribution in [-0.4, -0.2) is 48.9 Å². The number of hydrogen-bond donors (Lipinski definition) is 3. The molecule has 0 atom stereocenters. The molecule has 2 amide bonds. The highest BCUT2D eigenvalue weighted by molar-refractivity contribution is 14.0. The van der Waals surface area contributed by atoms with Gasteiger partial charge in [0.25, 0.3) is 5.91 Å². The number of nitrogens with zero attached hydrogens (tertiary/aromatic N) is 2. The van der Waals surface area contributed by atoms with Gasteiger partial charge in [0.15, 0.2) is 5.96 Å². The van der Waals surface area contributed by atoms with E-state index in [2.05, 4.69) is 22.5 Å². The summed E-state index contributed by atoms with van der Waals surface area (Å²) in [6, 6.07) is 7.25. The molecule has 1 aromatic rings. The Morgan fingerprint density at radius 1 is 1.36 bits per heavy atom. The molecule has 0 bridgehead atoms. The number of benzene rings is 1. The van der Waals surface area contributed by atoms with Crippen LogP contribution in [0.3, 0.4) is 0 Å². The summed E-state index contributed by atoms with van der Waals surface area (Å²) in [4.78, 5) is 29.6. The maximum absolute atomic E-state index is 12.4. The summed E-state index contributed by atoms with van der Waals surface area (Å²) in [6.45, 7) is 4.56. The molecule has 0 radical (unpaired) electrons. The van der Waals surface area contributed by atoms with Crippen molar-refractivity contribution in [1.82, 2.24) is 15.5 Å². The van der Waals surface area contributed by atoms with Gasteiger partial charge in [0.1, 0.15) is 0 Å². The van der Waals surface area contributed by atoms with Crippen molar-refractivity contribution in [3.63, 3.8) is 0 Å². The van der Waals surface area contributed by atoms with E-state index in [1.165, 1.54) is 0 Å². The van der Waals surface area contributed by atoms with Crippen LogP contribution >= 0.6 is 24.0 Å². The van der Waals surface area contributed by atoms with Gasteiger partial charge < -0.3 is 21.3 Å². The minimum atomic E-state index is -0.124. The summed E-state index contributed by atoms with van der Waals surface area (Å²) in [5, 5.41) is 5.77. The molecule has 0 spiro atoms. The molecule has 1 aliphatic heterocycles. The zero-order valence-corrected chi connectivity index (χ0v) is 16.8. The minimum Gasteiger partial charge on any atom is -0.370 e. The van der Waals surface area contributed by atoms with Gasteiger partial charge >= 0.3 is 0 Å². The zero-order chi connectivity index (χ0) is 17.4. The SMILES string of the molecule is CCCCNC(N)=NCc1ccc(C(=O)N2CCNC(=O)C2)cc1.I. The topological polar surface area (TPSA) is 99.8 Å². The molecular weight excluding hydrogens is 433 g/mol. The summed E-state index contributed by atoms with van der Waals surface area (Å²) >= 11 is 0. The van der Waals surface area contributed by atoms with E-state index in [-0.39, 0.29) is 42.3 Å². The maximum atomic E-state index is 12.4. The van der Waals surface area contributed by atoms with Crippen LogP contribution in [0.2, 0.25) is 0 Å². The monoisotopic (exact) mass is 459 g/mol. The van der Waals surface area contributed by atoms with E-state index in [9.17, 15) is 9.59 Å². The van der Waals surface area contributed by atoms with E-state index >= 15 is 0 Å². The van der Waals surface area contributed by atoms with Crippen molar-refractivity contribution in [3.8, 4) is 0 Å². The fourth-order valence-corrected chi connectivity index (χ4v) is 2.37. The number of aliphatic imine (C=N–C) groups is 1. The molecule has 2 rings (SSSR count). The molecule has 25 heavy (non-hydrogen) atoms. The predicted octanol–water partition coefficient (Wildman–Crippen LogP) is 1.08. The number of piperazine rings is 1. The Labute approximate surface area is 165 Å². The summed E-state index contributed by atoms with van der Waals surface area (Å²) in [5.74, 6) is 0.190. The molecule has 7 nitrogen and oxygen atoms in total. The molecule has 8 heteroatoms. The summed E-state index contributed by atoms with van der Waals surface area (Å²) in [5.41, 5.74) is 7.34. The van der Waals surface area contributed by atoms with E-state index < -0.39 is 0 Å². The summed E-state index contributed by atoms with van der Waals surface area (Å²) in [6.07, 6.45) is 2.16. The van der Waals surface area contributed by atoms with Crippen LogP contribution in [-0.2, 0) is 11.3 Å². The van der Waals surface area contributed by atoms with Gasteiger partial charge in [-0.15, -0.1) is 24.0 Å². The molecule has 0 aliphatic carbocycles. The first kappa shape index (κ1) is 21.2. The smallest absolute Gasteiger partial charge is 0.254 e. The highest BCUT2D eigenvalue weighted by Gasteiger charge is 2.21. The number of hydrogen-bond acceptors (Lipinski definition) is 3. The average molecular weight is 459 g/mol. The first-order chi connectivity index (χ1) is 11.6. The molecule has 138 valence electrons. The van der Waals surface area contributed by atoms with Crippen LogP contribution in [0.25, 0.3) is 0 Å². The number of rotatable bonds is 6. The van der Waals surface area contributed by atoms with E-state index in [0.717, 1.165) is 24.9 Å². The fraction of sp³-hybridized carbons (Fsp3) is 0.471. The lowest BCUT2D eigenvalue weighted by atomic mass is 10.1. The van der Waals surface area contributed by atoms with Crippen molar-refractivity contribution in [2.45, 2.75) is 26.3 Å². The number of unbranched alkanes of at least 4 members (excludes halogenated alkanes) is 1. The third-order valence-corrected chi connectivity index (χ3v) is 3.79. The van der Waals surface area contributed by atoms with Crippen LogP contribution < -0.4 is 16.4 Å². The van der Waals surface area contributed by atoms with Gasteiger partial charge in [0.05, 0.1) is 13.1 Å². The van der Waals surface area contributed by atoms with E-state index in [4.69, 9.17) is 5.73 Å². The Kier molecular flexibility index (Phi) is 9.25. The Morgan fingerprint density at radius 3 is 2.72 bits per heavy atom.